The summed E-state index contributed by atoms with van der Waals surface area (Å²) < 4.78 is 44.1. The normalized spacial score (nSPS) is 20.5. The zero-order chi connectivity index (χ0) is 27.3. The molecule has 0 radical (unpaired) electrons. The average molecular weight is 541 g/mol. The van der Waals surface area contributed by atoms with Crippen molar-refractivity contribution in [3.63, 3.8) is 0 Å². The van der Waals surface area contributed by atoms with Gasteiger partial charge in [-0.3, -0.25) is 9.69 Å². The maximum absolute atomic E-state index is 15.4. The summed E-state index contributed by atoms with van der Waals surface area (Å²) in [6.07, 6.45) is 3.83. The van der Waals surface area contributed by atoms with E-state index in [1.165, 1.54) is 24.0 Å². The fourth-order valence-electron chi connectivity index (χ4n) is 5.17. The van der Waals surface area contributed by atoms with Gasteiger partial charge in [0, 0.05) is 25.3 Å². The van der Waals surface area contributed by atoms with Crippen molar-refractivity contribution in [2.75, 3.05) is 38.7 Å². The van der Waals surface area contributed by atoms with Crippen molar-refractivity contribution in [1.82, 2.24) is 34.4 Å². The minimum atomic E-state index is -1.12. The third kappa shape index (κ3) is 4.65. The number of halogens is 2. The lowest BCUT2D eigenvalue weighted by atomic mass is 10.0. The third-order valence-corrected chi connectivity index (χ3v) is 7.24. The second-order valence-electron chi connectivity index (χ2n) is 10.3. The van der Waals surface area contributed by atoms with Crippen LogP contribution in [0.3, 0.4) is 0 Å². The van der Waals surface area contributed by atoms with E-state index < -0.39 is 18.0 Å². The molecule has 11 nitrogen and oxygen atoms in total. The Morgan fingerprint density at radius 1 is 1.28 bits per heavy atom. The molecular weight excluding hydrogens is 510 g/mol. The van der Waals surface area contributed by atoms with Gasteiger partial charge in [-0.25, -0.2) is 17.8 Å². The van der Waals surface area contributed by atoms with E-state index in [0.717, 1.165) is 6.54 Å². The van der Waals surface area contributed by atoms with E-state index in [1.54, 1.807) is 22.8 Å². The molecule has 2 saturated heterocycles. The second-order valence-corrected chi connectivity index (χ2v) is 10.3. The maximum Gasteiger partial charge on any atom is 0.255 e. The first-order valence-corrected chi connectivity index (χ1v) is 13.0. The van der Waals surface area contributed by atoms with Gasteiger partial charge in [0.2, 0.25) is 11.8 Å². The number of rotatable bonds is 7. The highest BCUT2D eigenvalue weighted by atomic mass is 19.1. The molecule has 0 spiro atoms. The molecule has 2 fully saturated rings. The van der Waals surface area contributed by atoms with Crippen LogP contribution >= 0.6 is 0 Å². The molecule has 0 unspecified atom stereocenters. The predicted molar refractivity (Wildman–Crippen MR) is 139 cm³/mol. The maximum atomic E-state index is 15.4. The number of likely N-dealkylation sites (tertiary alicyclic amines) is 1. The van der Waals surface area contributed by atoms with Crippen LogP contribution in [-0.4, -0.2) is 92.7 Å². The summed E-state index contributed by atoms with van der Waals surface area (Å²) in [7, 11) is 1.44. The highest BCUT2D eigenvalue weighted by Crippen LogP contribution is 2.35. The van der Waals surface area contributed by atoms with Crippen LogP contribution < -0.4 is 15.4 Å². The SMILES string of the molecule is COc1nc(N[C@@H]2CCN(C3COC3)C[C@@H]2F)nn2cc(F)c(-c3ccn4ncc(C(=O)NC(C)C)c4c3)c12. The van der Waals surface area contributed by atoms with Crippen molar-refractivity contribution in [2.24, 2.45) is 0 Å². The van der Waals surface area contributed by atoms with Crippen LogP contribution in [0.15, 0.2) is 30.7 Å². The van der Waals surface area contributed by atoms with E-state index >= 15 is 8.78 Å². The van der Waals surface area contributed by atoms with Crippen molar-refractivity contribution >= 4 is 22.9 Å². The molecule has 2 N–H and O–H groups in total. The predicted octanol–water partition coefficient (Wildman–Crippen LogP) is 2.55. The Morgan fingerprint density at radius 2 is 2.10 bits per heavy atom. The van der Waals surface area contributed by atoms with Crippen LogP contribution in [0.5, 0.6) is 5.88 Å². The van der Waals surface area contributed by atoms with E-state index in [4.69, 9.17) is 9.47 Å². The standard InChI is InChI=1S/C26H30F2N8O3/c1-14(2)30-24(37)17-9-29-35-7-4-15(8-21(17)35)22-19(28)11-36-23(22)25(38-3)32-26(33-36)31-20-5-6-34(10-18(20)27)16-12-39-13-16/h4,7-9,11,14,16,18,20H,5-6,10,12-13H2,1-3H3,(H,30,37)(H,31,33)/t18-,20+/m0/s1. The Balaban J connectivity index is 1.32. The first kappa shape index (κ1) is 25.4. The monoisotopic (exact) mass is 540 g/mol. The number of hydrogen-bond donors (Lipinski definition) is 2. The van der Waals surface area contributed by atoms with Gasteiger partial charge in [-0.2, -0.15) is 10.1 Å². The number of ether oxygens (including phenoxy) is 2. The highest BCUT2D eigenvalue weighted by Gasteiger charge is 2.36. The van der Waals surface area contributed by atoms with E-state index in [0.29, 0.717) is 48.3 Å². The summed E-state index contributed by atoms with van der Waals surface area (Å²) in [5.41, 5.74) is 1.93. The van der Waals surface area contributed by atoms with Crippen LogP contribution in [0.25, 0.3) is 22.2 Å². The number of carbonyl (C=O) groups is 1. The van der Waals surface area contributed by atoms with Crippen molar-refractivity contribution in [1.29, 1.82) is 0 Å². The minimum Gasteiger partial charge on any atom is -0.479 e. The molecule has 4 aromatic rings. The van der Waals surface area contributed by atoms with Gasteiger partial charge in [0.1, 0.15) is 11.7 Å². The quantitative estimate of drug-likeness (QED) is 0.368. The van der Waals surface area contributed by atoms with Gasteiger partial charge in [0.05, 0.1) is 61.4 Å². The Bertz CT molecular complexity index is 1530. The lowest BCUT2D eigenvalue weighted by Gasteiger charge is -2.42. The molecule has 6 heterocycles. The van der Waals surface area contributed by atoms with Gasteiger partial charge in [0.25, 0.3) is 5.91 Å². The number of nitrogens with zero attached hydrogens (tertiary/aromatic N) is 6. The van der Waals surface area contributed by atoms with Crippen LogP contribution in [0, 0.1) is 5.82 Å². The van der Waals surface area contributed by atoms with Gasteiger partial charge >= 0.3 is 0 Å². The molecule has 206 valence electrons. The molecule has 2 aliphatic heterocycles. The summed E-state index contributed by atoms with van der Waals surface area (Å²) in [5, 5.41) is 14.6. The number of piperidine rings is 1. The largest absolute Gasteiger partial charge is 0.479 e. The van der Waals surface area contributed by atoms with E-state index in [2.05, 4.69) is 30.7 Å². The number of aromatic nitrogens is 5. The van der Waals surface area contributed by atoms with Crippen LogP contribution in [0.4, 0.5) is 14.7 Å². The Hall–Kier alpha value is -3.84. The zero-order valence-corrected chi connectivity index (χ0v) is 21.9. The van der Waals surface area contributed by atoms with Crippen LogP contribution in [0.1, 0.15) is 30.6 Å². The fourth-order valence-corrected chi connectivity index (χ4v) is 5.17. The molecule has 0 bridgehead atoms. The minimum absolute atomic E-state index is 0.0507. The van der Waals surface area contributed by atoms with E-state index in [-0.39, 0.29) is 35.4 Å². The van der Waals surface area contributed by atoms with E-state index in [9.17, 15) is 4.79 Å². The molecule has 2 atom stereocenters. The number of anilines is 1. The second kappa shape index (κ2) is 10.0. The summed E-state index contributed by atoms with van der Waals surface area (Å²) >= 11 is 0. The summed E-state index contributed by atoms with van der Waals surface area (Å²) in [6, 6.07) is 3.14. The molecular formula is C26H30F2N8O3. The number of hydrogen-bond acceptors (Lipinski definition) is 8. The van der Waals surface area contributed by atoms with Crippen molar-refractivity contribution in [3.8, 4) is 17.0 Å². The number of methoxy groups -OCH3 is 1. The van der Waals surface area contributed by atoms with Gasteiger partial charge in [-0.1, -0.05) is 0 Å². The molecule has 39 heavy (non-hydrogen) atoms. The van der Waals surface area contributed by atoms with Gasteiger partial charge < -0.3 is 20.1 Å². The smallest absolute Gasteiger partial charge is 0.255 e. The molecule has 13 heteroatoms. The Kier molecular flexibility index (Phi) is 6.55. The Labute approximate surface area is 223 Å². The number of amides is 1. The van der Waals surface area contributed by atoms with Gasteiger partial charge in [0.15, 0.2) is 5.82 Å². The number of pyridine rings is 1. The lowest BCUT2D eigenvalue weighted by Crippen LogP contribution is -2.57. The summed E-state index contributed by atoms with van der Waals surface area (Å²) in [4.78, 5) is 19.2. The van der Waals surface area contributed by atoms with Crippen LogP contribution in [0.2, 0.25) is 0 Å². The highest BCUT2D eigenvalue weighted by molar-refractivity contribution is 6.01. The summed E-state index contributed by atoms with van der Waals surface area (Å²) in [5.74, 6) is -0.532. The van der Waals surface area contributed by atoms with E-state index in [1.807, 2.05) is 13.8 Å². The van der Waals surface area contributed by atoms with Gasteiger partial charge in [-0.05, 0) is 38.0 Å². The first-order chi connectivity index (χ1) is 18.8. The third-order valence-electron chi connectivity index (χ3n) is 7.24. The first-order valence-electron chi connectivity index (χ1n) is 13.0. The number of fused-ring (bicyclic) bond motifs is 2. The summed E-state index contributed by atoms with van der Waals surface area (Å²) in [6.45, 7) is 6.07. The van der Waals surface area contributed by atoms with Crippen molar-refractivity contribution < 1.29 is 23.0 Å². The number of carbonyl (C=O) groups excluding carboxylic acids is 1. The van der Waals surface area contributed by atoms with Crippen molar-refractivity contribution in [3.05, 3.63) is 42.1 Å². The molecule has 2 aliphatic rings. The molecule has 0 aliphatic carbocycles. The number of nitrogens with one attached hydrogen (secondary N) is 2. The molecule has 4 aromatic heterocycles. The number of alkyl halides is 1. The average Bonchev–Trinajstić information content (AvgIpc) is 3.43. The molecule has 1 amide bonds. The lowest BCUT2D eigenvalue weighted by molar-refractivity contribution is -0.0794. The molecule has 6 rings (SSSR count). The fraction of sp³-hybridized carbons (Fsp3) is 0.462. The Morgan fingerprint density at radius 3 is 2.79 bits per heavy atom. The van der Waals surface area contributed by atoms with Gasteiger partial charge in [-0.15, -0.1) is 5.10 Å². The van der Waals surface area contributed by atoms with Crippen molar-refractivity contribution in [2.45, 2.75) is 44.6 Å². The van der Waals surface area contributed by atoms with Crippen LogP contribution in [-0.2, 0) is 4.74 Å². The molecule has 0 saturated carbocycles. The molecule has 0 aromatic carbocycles. The zero-order valence-electron chi connectivity index (χ0n) is 21.9. The topological polar surface area (TPSA) is 110 Å².